The second kappa shape index (κ2) is 4.67. The topological polar surface area (TPSA) is 17.8 Å². The molecule has 2 rings (SSSR count). The first-order valence-electron chi connectivity index (χ1n) is 6.67. The van der Waals surface area contributed by atoms with E-state index in [1.165, 1.54) is 19.3 Å². The smallest absolute Gasteiger partial charge is 0.0948 e. The highest BCUT2D eigenvalue weighted by molar-refractivity contribution is 5.00. The maximum Gasteiger partial charge on any atom is 0.0948 e. The molecule has 1 aromatic heterocycles. The Kier molecular flexibility index (Phi) is 3.41. The molecule has 0 spiro atoms. The number of aromatic nitrogens is 2. The number of imidazole rings is 1. The third-order valence-electron chi connectivity index (χ3n) is 4.48. The number of nitrogens with zero attached hydrogens (tertiary/aromatic N) is 2. The molecule has 94 valence electrons. The second-order valence-corrected chi connectivity index (χ2v) is 6.09. The lowest BCUT2D eigenvalue weighted by molar-refractivity contribution is 0.112. The van der Waals surface area contributed by atoms with Gasteiger partial charge in [0.15, 0.2) is 0 Å². The summed E-state index contributed by atoms with van der Waals surface area (Å²) in [6.45, 7) is 11.0. The molecular formula is C15H24N2. The normalized spacial score (nSPS) is 33.9. The van der Waals surface area contributed by atoms with Crippen molar-refractivity contribution in [2.75, 3.05) is 0 Å². The Morgan fingerprint density at radius 3 is 2.82 bits per heavy atom. The predicted molar refractivity (Wildman–Crippen MR) is 71.7 cm³/mol. The fraction of sp³-hybridized carbons (Fsp3) is 0.667. The second-order valence-electron chi connectivity index (χ2n) is 6.09. The van der Waals surface area contributed by atoms with Gasteiger partial charge in [-0.3, -0.25) is 0 Å². The van der Waals surface area contributed by atoms with Crippen LogP contribution >= 0.6 is 0 Å². The fourth-order valence-corrected chi connectivity index (χ4v) is 3.18. The molecule has 1 saturated carbocycles. The van der Waals surface area contributed by atoms with E-state index in [1.54, 1.807) is 0 Å². The van der Waals surface area contributed by atoms with Crippen LogP contribution in [0.2, 0.25) is 0 Å². The van der Waals surface area contributed by atoms with E-state index in [0.717, 1.165) is 11.8 Å². The van der Waals surface area contributed by atoms with Crippen LogP contribution in [0.1, 0.15) is 46.1 Å². The Hall–Kier alpha value is -1.05. The van der Waals surface area contributed by atoms with Crippen LogP contribution < -0.4 is 0 Å². The van der Waals surface area contributed by atoms with Crippen LogP contribution in [0.15, 0.2) is 31.4 Å². The SMILES string of the molecule is C=CC1(C)CCC(C(C)C)C(n2ccnc2)C1. The fourth-order valence-electron chi connectivity index (χ4n) is 3.18. The van der Waals surface area contributed by atoms with Crippen LogP contribution in [0.25, 0.3) is 0 Å². The molecule has 3 unspecified atom stereocenters. The van der Waals surface area contributed by atoms with E-state index < -0.39 is 0 Å². The van der Waals surface area contributed by atoms with Crippen LogP contribution in [0.5, 0.6) is 0 Å². The Bertz CT molecular complexity index is 366. The van der Waals surface area contributed by atoms with Crippen molar-refractivity contribution in [2.24, 2.45) is 17.3 Å². The van der Waals surface area contributed by atoms with Gasteiger partial charge in [-0.25, -0.2) is 4.98 Å². The quantitative estimate of drug-likeness (QED) is 0.718. The molecule has 0 bridgehead atoms. The molecule has 2 nitrogen and oxygen atoms in total. The monoisotopic (exact) mass is 232 g/mol. The molecule has 0 radical (unpaired) electrons. The maximum atomic E-state index is 4.20. The lowest BCUT2D eigenvalue weighted by Crippen LogP contribution is -2.34. The van der Waals surface area contributed by atoms with Gasteiger partial charge in [0, 0.05) is 18.4 Å². The summed E-state index contributed by atoms with van der Waals surface area (Å²) in [5.41, 5.74) is 0.292. The summed E-state index contributed by atoms with van der Waals surface area (Å²) in [4.78, 5) is 4.20. The number of hydrogen-bond donors (Lipinski definition) is 0. The third kappa shape index (κ3) is 2.46. The molecule has 0 aliphatic heterocycles. The first kappa shape index (κ1) is 12.4. The average Bonchev–Trinajstić information content (AvgIpc) is 2.82. The number of rotatable bonds is 3. The van der Waals surface area contributed by atoms with E-state index in [2.05, 4.69) is 49.2 Å². The molecule has 1 fully saturated rings. The standard InChI is InChI=1S/C15H24N2/c1-5-15(4)7-6-13(12(2)3)14(10-15)17-9-8-16-11-17/h5,8-9,11-14H,1,6-7,10H2,2-4H3. The van der Waals surface area contributed by atoms with Crippen molar-refractivity contribution < 1.29 is 0 Å². The molecule has 3 atom stereocenters. The summed E-state index contributed by atoms with van der Waals surface area (Å²) in [7, 11) is 0. The van der Waals surface area contributed by atoms with Crippen molar-refractivity contribution in [1.82, 2.24) is 9.55 Å². The third-order valence-corrected chi connectivity index (χ3v) is 4.48. The largest absolute Gasteiger partial charge is 0.334 e. The van der Waals surface area contributed by atoms with E-state index >= 15 is 0 Å². The number of hydrogen-bond acceptors (Lipinski definition) is 1. The van der Waals surface area contributed by atoms with Crippen LogP contribution in [-0.2, 0) is 0 Å². The van der Waals surface area contributed by atoms with Gasteiger partial charge in [-0.2, -0.15) is 0 Å². The summed E-state index contributed by atoms with van der Waals surface area (Å²) in [6, 6.07) is 0.578. The van der Waals surface area contributed by atoms with Gasteiger partial charge >= 0.3 is 0 Å². The van der Waals surface area contributed by atoms with Crippen molar-refractivity contribution in [1.29, 1.82) is 0 Å². The highest BCUT2D eigenvalue weighted by Crippen LogP contribution is 2.47. The van der Waals surface area contributed by atoms with Gasteiger partial charge in [0.25, 0.3) is 0 Å². The zero-order chi connectivity index (χ0) is 12.5. The molecule has 1 aliphatic rings. The van der Waals surface area contributed by atoms with Gasteiger partial charge in [-0.15, -0.1) is 6.58 Å². The first-order chi connectivity index (χ1) is 8.06. The molecule has 2 heteroatoms. The first-order valence-corrected chi connectivity index (χ1v) is 6.67. The molecule has 0 saturated heterocycles. The van der Waals surface area contributed by atoms with Gasteiger partial charge in [-0.05, 0) is 36.5 Å². The zero-order valence-corrected chi connectivity index (χ0v) is 11.3. The molecule has 1 aromatic rings. The van der Waals surface area contributed by atoms with Crippen LogP contribution in [-0.4, -0.2) is 9.55 Å². The Morgan fingerprint density at radius 2 is 2.29 bits per heavy atom. The van der Waals surface area contributed by atoms with Crippen LogP contribution in [0.3, 0.4) is 0 Å². The van der Waals surface area contributed by atoms with E-state index in [0.29, 0.717) is 11.5 Å². The summed E-state index contributed by atoms with van der Waals surface area (Å²) < 4.78 is 2.30. The molecular weight excluding hydrogens is 208 g/mol. The van der Waals surface area contributed by atoms with Crippen LogP contribution in [0.4, 0.5) is 0 Å². The molecule has 1 heterocycles. The van der Waals surface area contributed by atoms with Crippen molar-refractivity contribution in [3.63, 3.8) is 0 Å². The Labute approximate surface area is 105 Å². The van der Waals surface area contributed by atoms with Gasteiger partial charge in [0.1, 0.15) is 0 Å². The minimum absolute atomic E-state index is 0.292. The Morgan fingerprint density at radius 1 is 1.53 bits per heavy atom. The summed E-state index contributed by atoms with van der Waals surface area (Å²) >= 11 is 0. The zero-order valence-electron chi connectivity index (χ0n) is 11.3. The molecule has 17 heavy (non-hydrogen) atoms. The highest BCUT2D eigenvalue weighted by atomic mass is 15.1. The molecule has 0 amide bonds. The van der Waals surface area contributed by atoms with Gasteiger partial charge in [-0.1, -0.05) is 26.8 Å². The summed E-state index contributed by atoms with van der Waals surface area (Å²) in [5.74, 6) is 1.49. The average molecular weight is 232 g/mol. The predicted octanol–water partition coefficient (Wildman–Crippen LogP) is 4.07. The maximum absolute atomic E-state index is 4.20. The van der Waals surface area contributed by atoms with Gasteiger partial charge in [0.05, 0.1) is 6.33 Å². The van der Waals surface area contributed by atoms with E-state index in [1.807, 2.05) is 12.5 Å². The minimum Gasteiger partial charge on any atom is -0.334 e. The van der Waals surface area contributed by atoms with Crippen molar-refractivity contribution >= 4 is 0 Å². The van der Waals surface area contributed by atoms with Crippen molar-refractivity contribution in [3.8, 4) is 0 Å². The molecule has 1 aliphatic carbocycles. The molecule has 0 aromatic carbocycles. The Balaban J connectivity index is 2.25. The highest BCUT2D eigenvalue weighted by Gasteiger charge is 2.37. The summed E-state index contributed by atoms with van der Waals surface area (Å²) in [6.07, 6.45) is 11.9. The van der Waals surface area contributed by atoms with Crippen molar-refractivity contribution in [2.45, 2.75) is 46.1 Å². The van der Waals surface area contributed by atoms with Gasteiger partial charge in [0.2, 0.25) is 0 Å². The van der Waals surface area contributed by atoms with E-state index in [9.17, 15) is 0 Å². The van der Waals surface area contributed by atoms with E-state index in [4.69, 9.17) is 0 Å². The van der Waals surface area contributed by atoms with E-state index in [-0.39, 0.29) is 0 Å². The minimum atomic E-state index is 0.292. The van der Waals surface area contributed by atoms with Crippen molar-refractivity contribution in [3.05, 3.63) is 31.4 Å². The van der Waals surface area contributed by atoms with Crippen LogP contribution in [0, 0.1) is 17.3 Å². The lowest BCUT2D eigenvalue weighted by Gasteiger charge is -2.43. The number of allylic oxidation sites excluding steroid dienone is 1. The lowest BCUT2D eigenvalue weighted by atomic mass is 9.66. The van der Waals surface area contributed by atoms with Gasteiger partial charge < -0.3 is 4.57 Å². The molecule has 0 N–H and O–H groups in total. The summed E-state index contributed by atoms with van der Waals surface area (Å²) in [5, 5.41) is 0.